The fourth-order valence-electron chi connectivity index (χ4n) is 2.62. The van der Waals surface area contributed by atoms with E-state index in [-0.39, 0.29) is 12.1 Å². The Balaban J connectivity index is 1.93. The summed E-state index contributed by atoms with van der Waals surface area (Å²) in [5.41, 5.74) is 1.80. The fourth-order valence-corrected chi connectivity index (χ4v) is 3.16. The van der Waals surface area contributed by atoms with Crippen molar-refractivity contribution in [2.24, 2.45) is 5.92 Å². The van der Waals surface area contributed by atoms with Gasteiger partial charge in [-0.3, -0.25) is 4.98 Å². The molecule has 1 aliphatic rings. The van der Waals surface area contributed by atoms with Crippen LogP contribution in [0.25, 0.3) is 0 Å². The van der Waals surface area contributed by atoms with Crippen LogP contribution < -0.4 is 5.32 Å². The van der Waals surface area contributed by atoms with E-state index in [1.165, 1.54) is 17.7 Å². The van der Waals surface area contributed by atoms with E-state index in [4.69, 9.17) is 0 Å². The van der Waals surface area contributed by atoms with Crippen LogP contribution in [-0.4, -0.2) is 22.2 Å². The predicted molar refractivity (Wildman–Crippen MR) is 66.4 cm³/mol. The Morgan fingerprint density at radius 2 is 2.56 bits per heavy atom. The van der Waals surface area contributed by atoms with Crippen LogP contribution in [0.5, 0.6) is 0 Å². The largest absolute Gasteiger partial charge is 0.394 e. The Morgan fingerprint density at radius 3 is 3.19 bits per heavy atom. The van der Waals surface area contributed by atoms with Gasteiger partial charge < -0.3 is 10.4 Å². The maximum absolute atomic E-state index is 9.61. The van der Waals surface area contributed by atoms with E-state index in [1.807, 2.05) is 11.7 Å². The maximum Gasteiger partial charge on any atom is 0.0794 e. The number of nitrogens with one attached hydrogen (secondary N) is 1. The summed E-state index contributed by atoms with van der Waals surface area (Å²) in [4.78, 5) is 5.31. The number of rotatable bonds is 4. The lowest BCUT2D eigenvalue weighted by Gasteiger charge is -2.39. The molecule has 4 heteroatoms. The number of aromatic nitrogens is 1. The van der Waals surface area contributed by atoms with Gasteiger partial charge in [0.25, 0.3) is 0 Å². The predicted octanol–water partition coefficient (Wildman–Crippen LogP) is 2.17. The van der Waals surface area contributed by atoms with Gasteiger partial charge in [0.05, 0.1) is 12.1 Å². The molecule has 0 amide bonds. The van der Waals surface area contributed by atoms with Gasteiger partial charge in [0.2, 0.25) is 0 Å². The molecule has 2 N–H and O–H groups in total. The molecule has 2 rings (SSSR count). The molecule has 1 heterocycles. The molecule has 1 aromatic heterocycles. The Kier molecular flexibility index (Phi) is 3.95. The third kappa shape index (κ3) is 2.81. The summed E-state index contributed by atoms with van der Waals surface area (Å²) < 4.78 is 0. The van der Waals surface area contributed by atoms with Crippen LogP contribution in [0.3, 0.4) is 0 Å². The molecule has 1 aromatic rings. The van der Waals surface area contributed by atoms with Crippen molar-refractivity contribution in [2.45, 2.75) is 44.7 Å². The van der Waals surface area contributed by atoms with Crippen molar-refractivity contribution in [1.82, 2.24) is 10.3 Å². The zero-order valence-corrected chi connectivity index (χ0v) is 10.6. The van der Waals surface area contributed by atoms with Crippen molar-refractivity contribution >= 4 is 11.3 Å². The highest BCUT2D eigenvalue weighted by Crippen LogP contribution is 2.32. The standard InChI is InChI=1S/C12H20N2OS/c1-10-3-2-4-12(5-10,8-15)14-7-11-6-13-9-16-11/h6,9-10,14-15H,2-5,7-8H2,1H3. The minimum Gasteiger partial charge on any atom is -0.394 e. The number of aliphatic hydroxyl groups is 1. The fraction of sp³-hybridized carbons (Fsp3) is 0.750. The van der Waals surface area contributed by atoms with Crippen LogP contribution in [0.2, 0.25) is 0 Å². The summed E-state index contributed by atoms with van der Waals surface area (Å²) in [5, 5.41) is 13.2. The van der Waals surface area contributed by atoms with Gasteiger partial charge in [0.15, 0.2) is 0 Å². The first-order valence-corrected chi connectivity index (χ1v) is 6.85. The molecule has 0 bridgehead atoms. The van der Waals surface area contributed by atoms with Crippen LogP contribution in [0, 0.1) is 5.92 Å². The molecule has 90 valence electrons. The summed E-state index contributed by atoms with van der Waals surface area (Å²) >= 11 is 1.67. The number of thiazole rings is 1. The van der Waals surface area contributed by atoms with E-state index < -0.39 is 0 Å². The molecule has 0 saturated heterocycles. The van der Waals surface area contributed by atoms with Gasteiger partial charge in [-0.1, -0.05) is 19.8 Å². The lowest BCUT2D eigenvalue weighted by atomic mass is 9.77. The molecule has 2 unspecified atom stereocenters. The highest BCUT2D eigenvalue weighted by Gasteiger charge is 2.33. The van der Waals surface area contributed by atoms with Gasteiger partial charge in [-0.25, -0.2) is 0 Å². The highest BCUT2D eigenvalue weighted by atomic mass is 32.1. The second-order valence-electron chi connectivity index (χ2n) is 4.96. The SMILES string of the molecule is CC1CCCC(CO)(NCc2cncs2)C1. The van der Waals surface area contributed by atoms with Crippen LogP contribution >= 0.6 is 11.3 Å². The summed E-state index contributed by atoms with van der Waals surface area (Å²) in [6, 6.07) is 0. The summed E-state index contributed by atoms with van der Waals surface area (Å²) in [6.45, 7) is 3.35. The van der Waals surface area contributed by atoms with E-state index in [0.717, 1.165) is 25.3 Å². The molecular weight excluding hydrogens is 220 g/mol. The average Bonchev–Trinajstić information content (AvgIpc) is 2.79. The number of nitrogens with zero attached hydrogens (tertiary/aromatic N) is 1. The monoisotopic (exact) mass is 240 g/mol. The Bertz CT molecular complexity index is 315. The van der Waals surface area contributed by atoms with Gasteiger partial charge in [-0.15, -0.1) is 11.3 Å². The van der Waals surface area contributed by atoms with Gasteiger partial charge in [0, 0.05) is 23.2 Å². The molecule has 0 radical (unpaired) electrons. The van der Waals surface area contributed by atoms with Crippen molar-refractivity contribution in [1.29, 1.82) is 0 Å². The Hall–Kier alpha value is -0.450. The van der Waals surface area contributed by atoms with Crippen molar-refractivity contribution in [3.05, 3.63) is 16.6 Å². The van der Waals surface area contributed by atoms with Crippen molar-refractivity contribution < 1.29 is 5.11 Å². The Morgan fingerprint density at radius 1 is 1.69 bits per heavy atom. The molecule has 3 nitrogen and oxygen atoms in total. The molecule has 0 aromatic carbocycles. The van der Waals surface area contributed by atoms with Gasteiger partial charge in [0.1, 0.15) is 0 Å². The maximum atomic E-state index is 9.61. The zero-order chi connectivity index (χ0) is 11.4. The summed E-state index contributed by atoms with van der Waals surface area (Å²) in [7, 11) is 0. The number of aliphatic hydroxyl groups excluding tert-OH is 1. The third-order valence-corrected chi connectivity index (χ3v) is 4.29. The van der Waals surface area contributed by atoms with E-state index >= 15 is 0 Å². The van der Waals surface area contributed by atoms with E-state index in [0.29, 0.717) is 0 Å². The molecular formula is C12H20N2OS. The molecule has 1 aliphatic carbocycles. The third-order valence-electron chi connectivity index (χ3n) is 3.52. The quantitative estimate of drug-likeness (QED) is 0.848. The van der Waals surface area contributed by atoms with E-state index in [9.17, 15) is 5.11 Å². The normalized spacial score (nSPS) is 30.5. The van der Waals surface area contributed by atoms with Crippen molar-refractivity contribution in [2.75, 3.05) is 6.61 Å². The first-order chi connectivity index (χ1) is 7.74. The van der Waals surface area contributed by atoms with Crippen LogP contribution in [0.15, 0.2) is 11.7 Å². The van der Waals surface area contributed by atoms with Gasteiger partial charge in [-0.2, -0.15) is 0 Å². The molecule has 1 saturated carbocycles. The lowest BCUT2D eigenvalue weighted by Crippen LogP contribution is -2.50. The van der Waals surface area contributed by atoms with Crippen molar-refractivity contribution in [3.63, 3.8) is 0 Å². The van der Waals surface area contributed by atoms with E-state index in [1.54, 1.807) is 11.3 Å². The minimum atomic E-state index is -0.0539. The second kappa shape index (κ2) is 5.25. The van der Waals surface area contributed by atoms with E-state index in [2.05, 4.69) is 17.2 Å². The zero-order valence-electron chi connectivity index (χ0n) is 9.78. The van der Waals surface area contributed by atoms with Crippen molar-refractivity contribution in [3.8, 4) is 0 Å². The van der Waals surface area contributed by atoms with Crippen LogP contribution in [0.1, 0.15) is 37.5 Å². The summed E-state index contributed by atoms with van der Waals surface area (Å²) in [6.07, 6.45) is 6.59. The highest BCUT2D eigenvalue weighted by molar-refractivity contribution is 7.09. The second-order valence-corrected chi connectivity index (χ2v) is 5.93. The molecule has 1 fully saturated rings. The minimum absolute atomic E-state index is 0.0539. The lowest BCUT2D eigenvalue weighted by molar-refractivity contribution is 0.0985. The molecule has 16 heavy (non-hydrogen) atoms. The molecule has 2 atom stereocenters. The first kappa shape index (κ1) is 12.0. The van der Waals surface area contributed by atoms with Gasteiger partial charge in [-0.05, 0) is 18.8 Å². The summed E-state index contributed by atoms with van der Waals surface area (Å²) in [5.74, 6) is 0.717. The smallest absolute Gasteiger partial charge is 0.0794 e. The Labute approximate surface area is 101 Å². The number of hydrogen-bond acceptors (Lipinski definition) is 4. The molecule has 0 spiro atoms. The average molecular weight is 240 g/mol. The first-order valence-electron chi connectivity index (χ1n) is 5.97. The van der Waals surface area contributed by atoms with Crippen LogP contribution in [-0.2, 0) is 6.54 Å². The van der Waals surface area contributed by atoms with Crippen LogP contribution in [0.4, 0.5) is 0 Å². The topological polar surface area (TPSA) is 45.1 Å². The molecule has 0 aliphatic heterocycles. The van der Waals surface area contributed by atoms with Gasteiger partial charge >= 0.3 is 0 Å². The number of hydrogen-bond donors (Lipinski definition) is 2.